The zero-order chi connectivity index (χ0) is 15.8. The number of H-pyrrole nitrogens is 1. The summed E-state index contributed by atoms with van der Waals surface area (Å²) in [6.07, 6.45) is 1.21. The summed E-state index contributed by atoms with van der Waals surface area (Å²) in [6, 6.07) is 0. The lowest BCUT2D eigenvalue weighted by Gasteiger charge is -2.25. The molecule has 0 saturated carbocycles. The minimum atomic E-state index is -0.324. The number of nitrogens with zero attached hydrogens (tertiary/aromatic N) is 4. The highest BCUT2D eigenvalue weighted by atomic mass is 16.2. The Morgan fingerprint density at radius 1 is 1.24 bits per heavy atom. The summed E-state index contributed by atoms with van der Waals surface area (Å²) in [5.41, 5.74) is 2.63. The maximum absolute atomic E-state index is 12.2. The topological polar surface area (TPSA) is 104 Å². The number of aromatic nitrogens is 4. The third-order valence-electron chi connectivity index (χ3n) is 2.75. The number of nitrogens with one attached hydrogen (secondary N) is 2. The predicted molar refractivity (Wildman–Crippen MR) is 76.6 cm³/mol. The second kappa shape index (κ2) is 8.33. The lowest BCUT2D eigenvalue weighted by Crippen LogP contribution is -2.48. The Bertz CT molecular complexity index is 444. The number of hydrogen-bond acceptors (Lipinski definition) is 5. The molecular weight excluding hydrogens is 272 g/mol. The van der Waals surface area contributed by atoms with E-state index in [2.05, 4.69) is 39.9 Å². The number of hydrazine groups is 1. The highest BCUT2D eigenvalue weighted by Crippen LogP contribution is 2.07. The quantitative estimate of drug-likeness (QED) is 0.721. The molecule has 8 nitrogen and oxygen atoms in total. The highest BCUT2D eigenvalue weighted by Gasteiger charge is 2.18. The number of hydrogen-bond donors (Lipinski definition) is 2. The molecule has 0 aliphatic rings. The molecule has 0 aromatic carbocycles. The molecule has 1 aromatic rings. The lowest BCUT2D eigenvalue weighted by atomic mass is 10.1. The molecule has 0 bridgehead atoms. The molecule has 0 saturated heterocycles. The van der Waals surface area contributed by atoms with Crippen LogP contribution in [0.25, 0.3) is 0 Å². The van der Waals surface area contributed by atoms with Gasteiger partial charge in [0.05, 0.1) is 6.42 Å². The number of carbonyl (C=O) groups is 2. The molecule has 0 aliphatic heterocycles. The summed E-state index contributed by atoms with van der Waals surface area (Å²) < 4.78 is 0. The molecule has 0 atom stereocenters. The van der Waals surface area contributed by atoms with Gasteiger partial charge in [-0.2, -0.15) is 5.21 Å². The second-order valence-electron chi connectivity index (χ2n) is 5.87. The molecule has 8 heteroatoms. The molecular formula is C13H24N6O2. The van der Waals surface area contributed by atoms with Gasteiger partial charge in [-0.15, -0.1) is 10.2 Å². The smallest absolute Gasteiger partial charge is 0.246 e. The zero-order valence-electron chi connectivity index (χ0n) is 13.1. The maximum atomic E-state index is 12.2. The highest BCUT2D eigenvalue weighted by molar-refractivity contribution is 5.82. The molecule has 118 valence electrons. The molecule has 1 heterocycles. The second-order valence-corrected chi connectivity index (χ2v) is 5.87. The Morgan fingerprint density at radius 3 is 2.48 bits per heavy atom. The van der Waals surface area contributed by atoms with Gasteiger partial charge in [-0.1, -0.05) is 32.9 Å². The molecule has 21 heavy (non-hydrogen) atoms. The van der Waals surface area contributed by atoms with Crippen molar-refractivity contribution in [3.05, 3.63) is 5.82 Å². The monoisotopic (exact) mass is 296 g/mol. The van der Waals surface area contributed by atoms with Gasteiger partial charge in [0.1, 0.15) is 0 Å². The van der Waals surface area contributed by atoms with Crippen LogP contribution in [0.5, 0.6) is 0 Å². The minimum Gasteiger partial charge on any atom is -0.273 e. The number of carbonyl (C=O) groups excluding carboxylic acids is 2. The first-order chi connectivity index (χ1) is 9.88. The predicted octanol–water partition coefficient (Wildman–Crippen LogP) is 0.694. The average Bonchev–Trinajstić information content (AvgIpc) is 2.87. The van der Waals surface area contributed by atoms with Crippen LogP contribution in [0.4, 0.5) is 0 Å². The normalized spacial score (nSPS) is 11.0. The van der Waals surface area contributed by atoms with Crippen molar-refractivity contribution in [2.75, 3.05) is 6.54 Å². The Morgan fingerprint density at radius 2 is 1.95 bits per heavy atom. The van der Waals surface area contributed by atoms with Crippen molar-refractivity contribution in [2.45, 2.75) is 47.0 Å². The van der Waals surface area contributed by atoms with Gasteiger partial charge in [0, 0.05) is 13.0 Å². The van der Waals surface area contributed by atoms with Crippen LogP contribution in [0.2, 0.25) is 0 Å². The van der Waals surface area contributed by atoms with Crippen LogP contribution in [-0.2, 0) is 16.0 Å². The van der Waals surface area contributed by atoms with Crippen molar-refractivity contribution >= 4 is 11.8 Å². The molecule has 1 rings (SSSR count). The zero-order valence-corrected chi connectivity index (χ0v) is 13.1. The van der Waals surface area contributed by atoms with E-state index in [4.69, 9.17) is 0 Å². The van der Waals surface area contributed by atoms with Crippen LogP contribution in [0.3, 0.4) is 0 Å². The molecule has 0 spiro atoms. The van der Waals surface area contributed by atoms with Crippen LogP contribution in [-0.4, -0.2) is 44.0 Å². The summed E-state index contributed by atoms with van der Waals surface area (Å²) in [6.45, 7) is 8.60. The fourth-order valence-electron chi connectivity index (χ4n) is 1.71. The van der Waals surface area contributed by atoms with E-state index in [0.717, 1.165) is 6.42 Å². The first-order valence-corrected chi connectivity index (χ1v) is 7.20. The van der Waals surface area contributed by atoms with Crippen molar-refractivity contribution in [1.29, 1.82) is 0 Å². The largest absolute Gasteiger partial charge is 0.273 e. The van der Waals surface area contributed by atoms with Crippen LogP contribution >= 0.6 is 0 Å². The fraction of sp³-hybridized carbons (Fsp3) is 0.769. The van der Waals surface area contributed by atoms with E-state index in [1.54, 1.807) is 0 Å². The van der Waals surface area contributed by atoms with E-state index in [-0.39, 0.29) is 24.2 Å². The molecule has 0 fully saturated rings. The van der Waals surface area contributed by atoms with Crippen LogP contribution in [0, 0.1) is 11.8 Å². The van der Waals surface area contributed by atoms with Crippen molar-refractivity contribution in [3.8, 4) is 0 Å². The van der Waals surface area contributed by atoms with Crippen molar-refractivity contribution in [2.24, 2.45) is 11.8 Å². The average molecular weight is 296 g/mol. The van der Waals surface area contributed by atoms with Crippen molar-refractivity contribution in [3.63, 3.8) is 0 Å². The van der Waals surface area contributed by atoms with Gasteiger partial charge < -0.3 is 0 Å². The third kappa shape index (κ3) is 6.82. The Kier molecular flexibility index (Phi) is 6.77. The van der Waals surface area contributed by atoms with Gasteiger partial charge in [0.15, 0.2) is 5.82 Å². The van der Waals surface area contributed by atoms with Gasteiger partial charge in [-0.3, -0.25) is 20.0 Å². The van der Waals surface area contributed by atoms with Crippen LogP contribution in [0.15, 0.2) is 0 Å². The first-order valence-electron chi connectivity index (χ1n) is 7.20. The molecule has 0 aliphatic carbocycles. The molecule has 0 radical (unpaired) electrons. The fourth-order valence-corrected chi connectivity index (χ4v) is 1.71. The summed E-state index contributed by atoms with van der Waals surface area (Å²) in [5, 5.41) is 14.5. The summed E-state index contributed by atoms with van der Waals surface area (Å²) >= 11 is 0. The SMILES string of the molecule is CC(C)CCC(=O)N(CC(C)C)NC(=O)Cc1nn[nH]n1. The van der Waals surface area contributed by atoms with Gasteiger partial charge in [0.2, 0.25) is 11.8 Å². The van der Waals surface area contributed by atoms with Gasteiger partial charge >= 0.3 is 0 Å². The van der Waals surface area contributed by atoms with E-state index >= 15 is 0 Å². The standard InChI is InChI=1S/C13H24N6O2/c1-9(2)5-6-13(21)19(8-10(3)4)16-12(20)7-11-14-17-18-15-11/h9-10H,5-8H2,1-4H3,(H,16,20)(H,14,15,17,18). The van der Waals surface area contributed by atoms with Crippen molar-refractivity contribution in [1.82, 2.24) is 31.1 Å². The summed E-state index contributed by atoms with van der Waals surface area (Å²) in [5.74, 6) is 0.615. The van der Waals surface area contributed by atoms with Crippen molar-refractivity contribution < 1.29 is 9.59 Å². The number of rotatable bonds is 7. The minimum absolute atomic E-state index is 0.0114. The number of tetrazole rings is 1. The van der Waals surface area contributed by atoms with E-state index in [1.165, 1.54) is 5.01 Å². The third-order valence-corrected chi connectivity index (χ3v) is 2.75. The van der Waals surface area contributed by atoms with E-state index in [0.29, 0.717) is 24.7 Å². The van der Waals surface area contributed by atoms with Gasteiger partial charge in [-0.25, -0.2) is 0 Å². The number of amides is 2. The van der Waals surface area contributed by atoms with Crippen LogP contribution < -0.4 is 5.43 Å². The van der Waals surface area contributed by atoms with Gasteiger partial charge in [0.25, 0.3) is 0 Å². The van der Waals surface area contributed by atoms with Gasteiger partial charge in [-0.05, 0) is 18.3 Å². The molecule has 1 aromatic heterocycles. The lowest BCUT2D eigenvalue weighted by molar-refractivity contribution is -0.142. The molecule has 2 amide bonds. The summed E-state index contributed by atoms with van der Waals surface area (Å²) in [7, 11) is 0. The maximum Gasteiger partial charge on any atom is 0.246 e. The Balaban J connectivity index is 2.55. The molecule has 0 unspecified atom stereocenters. The Labute approximate surface area is 124 Å². The van der Waals surface area contributed by atoms with Crippen LogP contribution in [0.1, 0.15) is 46.4 Å². The molecule has 2 N–H and O–H groups in total. The summed E-state index contributed by atoms with van der Waals surface area (Å²) in [4.78, 5) is 24.1. The Hall–Kier alpha value is -1.99. The van der Waals surface area contributed by atoms with E-state index in [9.17, 15) is 9.59 Å². The van der Waals surface area contributed by atoms with E-state index < -0.39 is 0 Å². The first kappa shape index (κ1) is 17.1. The van der Waals surface area contributed by atoms with E-state index in [1.807, 2.05) is 13.8 Å². The number of aromatic amines is 1.